The largest absolute Gasteiger partial charge is 0.491 e. The van der Waals surface area contributed by atoms with Gasteiger partial charge in [-0.2, -0.15) is 5.10 Å². The summed E-state index contributed by atoms with van der Waals surface area (Å²) in [5.41, 5.74) is 1.12. The van der Waals surface area contributed by atoms with E-state index >= 15 is 0 Å². The number of aromatic carboxylic acids is 1. The average molecular weight is 400 g/mol. The summed E-state index contributed by atoms with van der Waals surface area (Å²) in [6, 6.07) is 6.41. The highest BCUT2D eigenvalue weighted by Gasteiger charge is 2.28. The molecule has 3 heterocycles. The van der Waals surface area contributed by atoms with E-state index in [9.17, 15) is 14.3 Å². The first-order chi connectivity index (χ1) is 14.1. The highest BCUT2D eigenvalue weighted by Crippen LogP contribution is 2.37. The van der Waals surface area contributed by atoms with Crippen LogP contribution in [-0.4, -0.2) is 52.5 Å². The van der Waals surface area contributed by atoms with E-state index < -0.39 is 5.97 Å². The van der Waals surface area contributed by atoms with Gasteiger partial charge in [0.15, 0.2) is 5.65 Å². The van der Waals surface area contributed by atoms with Crippen LogP contribution in [0.25, 0.3) is 5.65 Å². The van der Waals surface area contributed by atoms with Gasteiger partial charge in [-0.25, -0.2) is 18.7 Å². The maximum Gasteiger partial charge on any atom is 0.341 e. The molecule has 4 rings (SSSR count). The number of benzene rings is 1. The van der Waals surface area contributed by atoms with Crippen molar-refractivity contribution in [2.45, 2.75) is 18.9 Å². The smallest absolute Gasteiger partial charge is 0.341 e. The Hall–Kier alpha value is -3.20. The Morgan fingerprint density at radius 2 is 2.21 bits per heavy atom. The number of aromatic nitrogens is 3. The highest BCUT2D eigenvalue weighted by molar-refractivity contribution is 5.94. The molecule has 0 aliphatic carbocycles. The standard InChI is InChI=1S/C20H21FN4O4/c1-28-7-8-29-15-10-13(9-14(21)11-15)17-3-2-5-24(17)18-4-6-25-19(23-18)16(12-22-25)20(26)27/h4,6,9-12,17H,2-3,5,7-8H2,1H3,(H,26,27)/t17-/m1/s1. The fourth-order valence-corrected chi connectivity index (χ4v) is 3.66. The van der Waals surface area contributed by atoms with Crippen LogP contribution in [0.15, 0.2) is 36.7 Å². The van der Waals surface area contributed by atoms with Gasteiger partial charge in [-0.3, -0.25) is 0 Å². The zero-order chi connectivity index (χ0) is 20.4. The predicted molar refractivity (Wildman–Crippen MR) is 103 cm³/mol. The van der Waals surface area contributed by atoms with Gasteiger partial charge in [0, 0.05) is 25.9 Å². The molecule has 0 amide bonds. The molecule has 1 aliphatic rings. The summed E-state index contributed by atoms with van der Waals surface area (Å²) in [6.45, 7) is 1.49. The normalized spacial score (nSPS) is 16.5. The van der Waals surface area contributed by atoms with Crippen molar-refractivity contribution in [2.24, 2.45) is 0 Å². The van der Waals surface area contributed by atoms with Gasteiger partial charge in [0.05, 0.1) is 18.8 Å². The molecule has 1 saturated heterocycles. The Bertz CT molecular complexity index is 1040. The minimum atomic E-state index is -1.08. The average Bonchev–Trinajstić information content (AvgIpc) is 3.34. The van der Waals surface area contributed by atoms with Crippen molar-refractivity contribution >= 4 is 17.4 Å². The van der Waals surface area contributed by atoms with Gasteiger partial charge in [-0.05, 0) is 36.6 Å². The molecule has 152 valence electrons. The van der Waals surface area contributed by atoms with Gasteiger partial charge in [0.25, 0.3) is 0 Å². The summed E-state index contributed by atoms with van der Waals surface area (Å²) < 4.78 is 26.2. The number of rotatable bonds is 7. The number of carbonyl (C=O) groups is 1. The van der Waals surface area contributed by atoms with E-state index in [-0.39, 0.29) is 23.1 Å². The van der Waals surface area contributed by atoms with E-state index in [2.05, 4.69) is 15.0 Å². The first-order valence-corrected chi connectivity index (χ1v) is 9.33. The van der Waals surface area contributed by atoms with Crippen molar-refractivity contribution < 1.29 is 23.8 Å². The fraction of sp³-hybridized carbons (Fsp3) is 0.350. The Morgan fingerprint density at radius 3 is 3.00 bits per heavy atom. The lowest BCUT2D eigenvalue weighted by atomic mass is 10.0. The van der Waals surface area contributed by atoms with Gasteiger partial charge in [-0.1, -0.05) is 0 Å². The van der Waals surface area contributed by atoms with Crippen molar-refractivity contribution in [1.29, 1.82) is 0 Å². The van der Waals surface area contributed by atoms with Crippen LogP contribution in [0.4, 0.5) is 10.2 Å². The number of nitrogens with zero attached hydrogens (tertiary/aromatic N) is 4. The number of carboxylic acid groups (broad SMARTS) is 1. The molecule has 1 atom stereocenters. The minimum Gasteiger partial charge on any atom is -0.491 e. The molecular weight excluding hydrogens is 379 g/mol. The molecule has 3 aromatic rings. The number of methoxy groups -OCH3 is 1. The van der Waals surface area contributed by atoms with Crippen LogP contribution >= 0.6 is 0 Å². The fourth-order valence-electron chi connectivity index (χ4n) is 3.66. The summed E-state index contributed by atoms with van der Waals surface area (Å²) >= 11 is 0. The van der Waals surface area contributed by atoms with E-state index in [4.69, 9.17) is 9.47 Å². The molecule has 0 saturated carbocycles. The molecule has 0 unspecified atom stereocenters. The van der Waals surface area contributed by atoms with Crippen molar-refractivity contribution in [3.05, 3.63) is 53.6 Å². The van der Waals surface area contributed by atoms with Crippen LogP contribution in [0.3, 0.4) is 0 Å². The summed E-state index contributed by atoms with van der Waals surface area (Å²) in [5.74, 6) is -0.356. The van der Waals surface area contributed by atoms with Crippen molar-refractivity contribution in [3.8, 4) is 5.75 Å². The maximum atomic E-state index is 14.2. The second kappa shape index (κ2) is 8.04. The van der Waals surface area contributed by atoms with Crippen molar-refractivity contribution in [1.82, 2.24) is 14.6 Å². The molecule has 0 bridgehead atoms. The second-order valence-electron chi connectivity index (χ2n) is 6.83. The molecule has 0 spiro atoms. The summed E-state index contributed by atoms with van der Waals surface area (Å²) in [5, 5.41) is 13.4. The third-order valence-corrected chi connectivity index (χ3v) is 4.97. The summed E-state index contributed by atoms with van der Waals surface area (Å²) in [4.78, 5) is 18.0. The topological polar surface area (TPSA) is 89.2 Å². The lowest BCUT2D eigenvalue weighted by molar-refractivity contribution is 0.0698. The third kappa shape index (κ3) is 3.86. The van der Waals surface area contributed by atoms with Gasteiger partial charge < -0.3 is 19.5 Å². The number of halogens is 1. The highest BCUT2D eigenvalue weighted by atomic mass is 19.1. The maximum absolute atomic E-state index is 14.2. The third-order valence-electron chi connectivity index (χ3n) is 4.97. The van der Waals surface area contributed by atoms with Gasteiger partial charge in [0.2, 0.25) is 0 Å². The van der Waals surface area contributed by atoms with Crippen LogP contribution in [0, 0.1) is 5.82 Å². The molecule has 9 heteroatoms. The van der Waals surface area contributed by atoms with E-state index in [1.54, 1.807) is 19.4 Å². The molecule has 1 aliphatic heterocycles. The van der Waals surface area contributed by atoms with E-state index in [1.807, 2.05) is 6.07 Å². The van der Waals surface area contributed by atoms with Gasteiger partial charge >= 0.3 is 5.97 Å². The number of fused-ring (bicyclic) bond motifs is 1. The van der Waals surface area contributed by atoms with Crippen LogP contribution in [0.5, 0.6) is 5.75 Å². The molecule has 29 heavy (non-hydrogen) atoms. The predicted octanol–water partition coefficient (Wildman–Crippen LogP) is 2.93. The Kier molecular flexibility index (Phi) is 5.30. The first kappa shape index (κ1) is 19.1. The molecule has 0 radical (unpaired) electrons. The summed E-state index contributed by atoms with van der Waals surface area (Å²) in [6.07, 6.45) is 4.72. The van der Waals surface area contributed by atoms with Crippen LogP contribution in [0.2, 0.25) is 0 Å². The second-order valence-corrected chi connectivity index (χ2v) is 6.83. The zero-order valence-corrected chi connectivity index (χ0v) is 15.9. The van der Waals surface area contributed by atoms with E-state index in [1.165, 1.54) is 22.8 Å². The number of carboxylic acids is 1. The number of anilines is 1. The zero-order valence-electron chi connectivity index (χ0n) is 15.9. The number of ether oxygens (including phenoxy) is 2. The Balaban J connectivity index is 1.65. The van der Waals surface area contributed by atoms with Crippen LogP contribution in [0.1, 0.15) is 34.8 Å². The number of hydrogen-bond acceptors (Lipinski definition) is 6. The molecule has 2 aromatic heterocycles. The minimum absolute atomic E-state index is 0.0437. The van der Waals surface area contributed by atoms with Crippen LogP contribution in [-0.2, 0) is 4.74 Å². The monoisotopic (exact) mass is 400 g/mol. The Morgan fingerprint density at radius 1 is 1.34 bits per heavy atom. The molecule has 1 aromatic carbocycles. The van der Waals surface area contributed by atoms with E-state index in [0.29, 0.717) is 24.8 Å². The Labute approximate surface area is 166 Å². The van der Waals surface area contributed by atoms with Crippen molar-refractivity contribution in [3.63, 3.8) is 0 Å². The van der Waals surface area contributed by atoms with E-state index in [0.717, 1.165) is 24.9 Å². The molecular formula is C20H21FN4O4. The SMILES string of the molecule is COCCOc1cc(F)cc([C@H]2CCCN2c2ccn3ncc(C(=O)O)c3n2)c1. The van der Waals surface area contributed by atoms with Crippen molar-refractivity contribution in [2.75, 3.05) is 31.8 Å². The van der Waals surface area contributed by atoms with Gasteiger partial charge in [-0.15, -0.1) is 0 Å². The quantitative estimate of drug-likeness (QED) is 0.610. The molecule has 8 nitrogen and oxygen atoms in total. The molecule has 1 fully saturated rings. The lowest BCUT2D eigenvalue weighted by Crippen LogP contribution is -2.24. The number of hydrogen-bond donors (Lipinski definition) is 1. The molecule has 1 N–H and O–H groups in total. The lowest BCUT2D eigenvalue weighted by Gasteiger charge is -2.26. The van der Waals surface area contributed by atoms with Crippen LogP contribution < -0.4 is 9.64 Å². The first-order valence-electron chi connectivity index (χ1n) is 9.33. The van der Waals surface area contributed by atoms with Gasteiger partial charge in [0.1, 0.15) is 29.6 Å². The summed E-state index contributed by atoms with van der Waals surface area (Å²) in [7, 11) is 1.58.